The molecular weight excluding hydrogens is 284 g/mol. The van der Waals surface area contributed by atoms with E-state index >= 15 is 0 Å². The van der Waals surface area contributed by atoms with Crippen molar-refractivity contribution >= 4 is 28.2 Å². The van der Waals surface area contributed by atoms with Crippen LogP contribution in [0.1, 0.15) is 23.7 Å². The minimum absolute atomic E-state index is 0.0218. The van der Waals surface area contributed by atoms with Gasteiger partial charge in [-0.25, -0.2) is 0 Å². The number of nitrogens with two attached hydrogens (primary N) is 1. The maximum absolute atomic E-state index is 12.0. The number of hydrogen-bond donors (Lipinski definition) is 2. The van der Waals surface area contributed by atoms with Gasteiger partial charge in [0.2, 0.25) is 5.91 Å². The average Bonchev–Trinajstić information content (AvgIpc) is 3.05. The van der Waals surface area contributed by atoms with Gasteiger partial charge in [0.05, 0.1) is 5.56 Å². The Balaban J connectivity index is 1.90. The number of amides is 2. The molecule has 108 valence electrons. The molecule has 5 heteroatoms. The van der Waals surface area contributed by atoms with Gasteiger partial charge >= 0.3 is 0 Å². The molecule has 3 rings (SSSR count). The Hall–Kier alpha value is -2.14. The van der Waals surface area contributed by atoms with Gasteiger partial charge in [0.25, 0.3) is 5.91 Å². The first-order valence-corrected chi connectivity index (χ1v) is 7.68. The zero-order valence-electron chi connectivity index (χ0n) is 11.6. The van der Waals surface area contributed by atoms with Gasteiger partial charge < -0.3 is 11.1 Å². The molecular formula is C16H16N2O2S. The summed E-state index contributed by atoms with van der Waals surface area (Å²) < 4.78 is 0. The van der Waals surface area contributed by atoms with Gasteiger partial charge in [0.1, 0.15) is 5.00 Å². The second kappa shape index (κ2) is 5.33. The summed E-state index contributed by atoms with van der Waals surface area (Å²) in [5.74, 6) is -0.0531. The number of carbonyl (C=O) groups excluding carboxylic acids is 2. The van der Waals surface area contributed by atoms with Crippen LogP contribution in [0.4, 0.5) is 5.00 Å². The summed E-state index contributed by atoms with van der Waals surface area (Å²) in [5.41, 5.74) is 6.80. The summed E-state index contributed by atoms with van der Waals surface area (Å²) in [6.45, 7) is 2.04. The van der Waals surface area contributed by atoms with Gasteiger partial charge in [-0.3, -0.25) is 9.59 Å². The molecule has 0 saturated heterocycles. The lowest BCUT2D eigenvalue weighted by atomic mass is 10.1. The molecule has 3 N–H and O–H groups in total. The maximum Gasteiger partial charge on any atom is 0.251 e. The molecule has 21 heavy (non-hydrogen) atoms. The summed E-state index contributed by atoms with van der Waals surface area (Å²) in [7, 11) is 0. The average molecular weight is 300 g/mol. The number of anilines is 1. The molecule has 1 aromatic heterocycles. The zero-order chi connectivity index (χ0) is 15.0. The van der Waals surface area contributed by atoms with Crippen molar-refractivity contribution in [1.82, 2.24) is 0 Å². The van der Waals surface area contributed by atoms with Crippen molar-refractivity contribution in [1.29, 1.82) is 0 Å². The molecule has 0 unspecified atom stereocenters. The summed E-state index contributed by atoms with van der Waals surface area (Å²) in [6.07, 6.45) is 0.911. The lowest BCUT2D eigenvalue weighted by molar-refractivity contribution is -0.117. The van der Waals surface area contributed by atoms with Crippen molar-refractivity contribution in [3.8, 4) is 10.4 Å². The molecule has 0 spiro atoms. The number of thiophene rings is 1. The molecule has 0 aliphatic heterocycles. The van der Waals surface area contributed by atoms with Crippen LogP contribution >= 0.6 is 11.3 Å². The Morgan fingerprint density at radius 1 is 1.29 bits per heavy atom. The van der Waals surface area contributed by atoms with Crippen LogP contribution in [0.3, 0.4) is 0 Å². The lowest BCUT2D eigenvalue weighted by Crippen LogP contribution is -2.17. The van der Waals surface area contributed by atoms with Gasteiger partial charge in [0.15, 0.2) is 0 Å². The smallest absolute Gasteiger partial charge is 0.251 e. The van der Waals surface area contributed by atoms with Gasteiger partial charge in [-0.2, -0.15) is 0 Å². The highest BCUT2D eigenvalue weighted by Crippen LogP contribution is 2.40. The molecule has 1 saturated carbocycles. The van der Waals surface area contributed by atoms with E-state index in [0.29, 0.717) is 16.5 Å². The standard InChI is InChI=1S/C16H16N2O2S/c1-9-7-11(9)15(20)18-16-12(14(17)19)8-13(21-16)10-5-3-2-4-6-10/h2-6,8-9,11H,7H2,1H3,(H2,17,19)(H,18,20)/t9-,11-/m0/s1. The number of hydrogen-bond acceptors (Lipinski definition) is 3. The van der Waals surface area contributed by atoms with Crippen LogP contribution in [-0.4, -0.2) is 11.8 Å². The van der Waals surface area contributed by atoms with Crippen LogP contribution in [-0.2, 0) is 4.79 Å². The predicted molar refractivity (Wildman–Crippen MR) is 84.2 cm³/mol. The normalized spacial score (nSPS) is 20.0. The van der Waals surface area contributed by atoms with Gasteiger partial charge in [-0.15, -0.1) is 11.3 Å². The van der Waals surface area contributed by atoms with E-state index in [1.807, 2.05) is 37.3 Å². The Bertz CT molecular complexity index is 694. The van der Waals surface area contributed by atoms with Crippen molar-refractivity contribution in [3.05, 3.63) is 42.0 Å². The zero-order valence-corrected chi connectivity index (χ0v) is 12.4. The SMILES string of the molecule is C[C@H]1C[C@@H]1C(=O)Nc1sc(-c2ccccc2)cc1C(N)=O. The monoisotopic (exact) mass is 300 g/mol. The van der Waals surface area contributed by atoms with E-state index in [2.05, 4.69) is 5.32 Å². The fourth-order valence-electron chi connectivity index (χ4n) is 2.30. The van der Waals surface area contributed by atoms with Crippen LogP contribution in [0.5, 0.6) is 0 Å². The minimum atomic E-state index is -0.521. The number of rotatable bonds is 4. The van der Waals surface area contributed by atoms with E-state index in [1.165, 1.54) is 11.3 Å². The third-order valence-corrected chi connectivity index (χ3v) is 4.84. The van der Waals surface area contributed by atoms with Crippen LogP contribution < -0.4 is 11.1 Å². The van der Waals surface area contributed by atoms with Crippen molar-refractivity contribution in [2.45, 2.75) is 13.3 Å². The number of nitrogens with one attached hydrogen (secondary N) is 1. The van der Waals surface area contributed by atoms with Crippen LogP contribution in [0.25, 0.3) is 10.4 Å². The quantitative estimate of drug-likeness (QED) is 0.910. The topological polar surface area (TPSA) is 72.2 Å². The number of benzene rings is 1. The molecule has 2 aromatic rings. The molecule has 1 aliphatic rings. The maximum atomic E-state index is 12.0. The highest BCUT2D eigenvalue weighted by atomic mass is 32.1. The molecule has 0 bridgehead atoms. The molecule has 2 atom stereocenters. The first-order chi connectivity index (χ1) is 10.1. The summed E-state index contributed by atoms with van der Waals surface area (Å²) in [4.78, 5) is 24.5. The fraction of sp³-hybridized carbons (Fsp3) is 0.250. The van der Waals surface area contributed by atoms with Crippen molar-refractivity contribution in [3.63, 3.8) is 0 Å². The van der Waals surface area contributed by atoms with Crippen LogP contribution in [0.15, 0.2) is 36.4 Å². The Morgan fingerprint density at radius 2 is 1.95 bits per heavy atom. The molecule has 1 aromatic carbocycles. The van der Waals surface area contributed by atoms with E-state index in [0.717, 1.165) is 16.9 Å². The fourth-order valence-corrected chi connectivity index (χ4v) is 3.38. The predicted octanol–water partition coefficient (Wildman–Crippen LogP) is 3.11. The van der Waals surface area contributed by atoms with E-state index < -0.39 is 5.91 Å². The largest absolute Gasteiger partial charge is 0.366 e. The highest BCUT2D eigenvalue weighted by molar-refractivity contribution is 7.20. The number of carbonyl (C=O) groups is 2. The van der Waals surface area contributed by atoms with E-state index in [-0.39, 0.29) is 11.8 Å². The third-order valence-electron chi connectivity index (χ3n) is 3.74. The van der Waals surface area contributed by atoms with Crippen molar-refractivity contribution in [2.24, 2.45) is 17.6 Å². The molecule has 0 radical (unpaired) electrons. The third kappa shape index (κ3) is 2.83. The first kappa shape index (κ1) is 13.8. The van der Waals surface area contributed by atoms with E-state index in [9.17, 15) is 9.59 Å². The lowest BCUT2D eigenvalue weighted by Gasteiger charge is -2.03. The van der Waals surface area contributed by atoms with Gasteiger partial charge in [-0.05, 0) is 24.0 Å². The number of primary amides is 1. The van der Waals surface area contributed by atoms with E-state index in [4.69, 9.17) is 5.73 Å². The summed E-state index contributed by atoms with van der Waals surface area (Å²) >= 11 is 1.38. The van der Waals surface area contributed by atoms with Crippen LogP contribution in [0.2, 0.25) is 0 Å². The van der Waals surface area contributed by atoms with E-state index in [1.54, 1.807) is 6.07 Å². The Labute approximate surface area is 127 Å². The Kier molecular flexibility index (Phi) is 3.51. The second-order valence-electron chi connectivity index (χ2n) is 5.39. The van der Waals surface area contributed by atoms with Crippen LogP contribution in [0, 0.1) is 11.8 Å². The molecule has 1 aliphatic carbocycles. The van der Waals surface area contributed by atoms with Gasteiger partial charge in [-0.1, -0.05) is 37.3 Å². The van der Waals surface area contributed by atoms with Crippen molar-refractivity contribution < 1.29 is 9.59 Å². The molecule has 2 amide bonds. The molecule has 1 fully saturated rings. The summed E-state index contributed by atoms with van der Waals surface area (Å²) in [5, 5.41) is 3.40. The van der Waals surface area contributed by atoms with Gasteiger partial charge in [0, 0.05) is 10.8 Å². The molecule has 4 nitrogen and oxygen atoms in total. The Morgan fingerprint density at radius 3 is 2.52 bits per heavy atom. The second-order valence-corrected chi connectivity index (χ2v) is 6.44. The highest BCUT2D eigenvalue weighted by Gasteiger charge is 2.39. The van der Waals surface area contributed by atoms with Crippen molar-refractivity contribution in [2.75, 3.05) is 5.32 Å². The minimum Gasteiger partial charge on any atom is -0.366 e. The first-order valence-electron chi connectivity index (χ1n) is 6.86. The summed E-state index contributed by atoms with van der Waals surface area (Å²) in [6, 6.07) is 11.5. The molecule has 1 heterocycles.